The Hall–Kier alpha value is -2.79. The second-order valence-electron chi connectivity index (χ2n) is 34.6. The van der Waals surface area contributed by atoms with Crippen molar-refractivity contribution in [2.75, 3.05) is 26.4 Å². The third kappa shape index (κ3) is 52.2. The van der Waals surface area contributed by atoms with Crippen LogP contribution in [0.3, 0.4) is 0 Å². The van der Waals surface area contributed by atoms with Crippen LogP contribution in [0.1, 0.15) is 426 Å². The third-order valence-corrected chi connectivity index (χ3v) is 24.8. The molecule has 0 radical (unpaired) electrons. The highest BCUT2D eigenvalue weighted by atomic mass is 31.2. The SMILES string of the molecule is CCCCCC/C=C\CCCCCCCCCC(=O)OCC1OC(OC2C(OC(=O)CCCCCCCCCCCCCCCCC)C(O)C(O)C(OC3OC(CO)C(O)C(O)C3O)C2OP(=O)(O)OCC(COC(=O)CCCCCCCCCCCCCCCCC)OC(=O)CCCCCCCCCCCCCCCCC)C(O)C(O)C1O. The van der Waals surface area contributed by atoms with Gasteiger partial charge in [0.05, 0.1) is 13.2 Å². The second kappa shape index (κ2) is 72.3. The number of phosphoric ester groups is 1. The van der Waals surface area contributed by atoms with E-state index < -0.39 is 162 Å². The first-order chi connectivity index (χ1) is 57.7. The van der Waals surface area contributed by atoms with Crippen molar-refractivity contribution < 1.29 is 122 Å². The lowest BCUT2D eigenvalue weighted by Crippen LogP contribution is -2.70. The van der Waals surface area contributed by atoms with Crippen molar-refractivity contribution in [2.45, 2.75) is 530 Å². The molecule has 25 nitrogen and oxygen atoms in total. The van der Waals surface area contributed by atoms with Crippen LogP contribution in [-0.4, -0.2) is 205 Å². The molecule has 18 atom stereocenters. The Kier molecular flexibility index (Phi) is 67.0. The quantitative estimate of drug-likeness (QED) is 0.00889. The molecule has 1 saturated carbocycles. The summed E-state index contributed by atoms with van der Waals surface area (Å²) in [6.07, 6.45) is 31.8. The molecule has 2 aliphatic heterocycles. The fourth-order valence-electron chi connectivity index (χ4n) is 16.1. The van der Waals surface area contributed by atoms with Crippen LogP contribution in [0.4, 0.5) is 0 Å². The molecule has 0 amide bonds. The Balaban J connectivity index is 1.90. The van der Waals surface area contributed by atoms with Crippen LogP contribution in [-0.2, 0) is 70.7 Å². The topological polar surface area (TPSA) is 380 Å². The smallest absolute Gasteiger partial charge is 0.463 e. The zero-order valence-electron chi connectivity index (χ0n) is 74.7. The molecule has 18 unspecified atom stereocenters. The molecule has 0 aromatic carbocycles. The summed E-state index contributed by atoms with van der Waals surface area (Å²) >= 11 is 0. The van der Waals surface area contributed by atoms with E-state index in [0.29, 0.717) is 32.1 Å². The highest BCUT2D eigenvalue weighted by Gasteiger charge is 2.60. The number of aliphatic hydroxyl groups is 9. The molecule has 0 bridgehead atoms. The van der Waals surface area contributed by atoms with E-state index in [9.17, 15) is 74.6 Å². The first-order valence-electron chi connectivity index (χ1n) is 48.4. The van der Waals surface area contributed by atoms with Gasteiger partial charge in [0, 0.05) is 25.7 Å². The largest absolute Gasteiger partial charge is 0.472 e. The van der Waals surface area contributed by atoms with Gasteiger partial charge in [0.2, 0.25) is 0 Å². The first-order valence-corrected chi connectivity index (χ1v) is 49.9. The molecule has 2 heterocycles. The summed E-state index contributed by atoms with van der Waals surface area (Å²) in [5.74, 6) is -2.95. The zero-order valence-corrected chi connectivity index (χ0v) is 75.6. The molecule has 1 aliphatic carbocycles. The van der Waals surface area contributed by atoms with E-state index in [1.807, 2.05) is 0 Å². The molecule has 3 aliphatic rings. The van der Waals surface area contributed by atoms with Crippen LogP contribution in [0.2, 0.25) is 0 Å². The number of esters is 4. The predicted molar refractivity (Wildman–Crippen MR) is 463 cm³/mol. The lowest BCUT2D eigenvalue weighted by Gasteiger charge is -2.50. The standard InChI is InChI=1S/C93H173O25P/c1-5-9-13-17-21-25-29-33-37-41-45-49-53-57-61-65-76(95)109-70-73(112-78(97)67-63-59-55-51-47-43-39-35-31-27-23-19-15-11-7-3)71-111-119(107,108)118-91-89(116-92-86(105)82(101)80(99)74(69-94)113-92)85(104)84(103)88(115-79(98)68-64-60-56-52-48-44-40-36-32-28-24-20-16-12-8-4)90(91)117-93-87(106)83(102)81(100)75(114-93)72-110-77(96)66-62-58-54-50-46-42-38-34-30-26-22-18-14-10-6-2/h26,30,73-75,80-94,99-106H,5-25,27-29,31-72H2,1-4H3,(H,107,108)/b30-26-. The molecule has 2 saturated heterocycles. The number of unbranched alkanes of at least 4 members (excludes halogenated alkanes) is 53. The third-order valence-electron chi connectivity index (χ3n) is 23.8. The highest BCUT2D eigenvalue weighted by Crippen LogP contribution is 2.49. The van der Waals surface area contributed by atoms with Gasteiger partial charge in [-0.05, 0) is 51.4 Å². The minimum atomic E-state index is -5.80. The van der Waals surface area contributed by atoms with Crippen LogP contribution in [0.25, 0.3) is 0 Å². The van der Waals surface area contributed by atoms with Gasteiger partial charge in [0.1, 0.15) is 92.6 Å². The number of allylic oxidation sites excluding steroid dienone is 2. The summed E-state index contributed by atoms with van der Waals surface area (Å²) in [6.45, 7) is 5.63. The molecular weight excluding hydrogens is 1550 g/mol. The van der Waals surface area contributed by atoms with Gasteiger partial charge in [0.15, 0.2) is 24.8 Å². The number of phosphoric acid groups is 1. The van der Waals surface area contributed by atoms with Crippen molar-refractivity contribution in [1.82, 2.24) is 0 Å². The summed E-state index contributed by atoms with van der Waals surface area (Å²) in [6, 6.07) is 0. The van der Waals surface area contributed by atoms with E-state index in [0.717, 1.165) is 148 Å². The van der Waals surface area contributed by atoms with Crippen molar-refractivity contribution in [1.29, 1.82) is 0 Å². The van der Waals surface area contributed by atoms with Crippen LogP contribution < -0.4 is 0 Å². The van der Waals surface area contributed by atoms with Crippen molar-refractivity contribution in [3.8, 4) is 0 Å². The maximum absolute atomic E-state index is 14.9. The van der Waals surface area contributed by atoms with Gasteiger partial charge in [0.25, 0.3) is 0 Å². The maximum atomic E-state index is 14.9. The summed E-state index contributed by atoms with van der Waals surface area (Å²) in [7, 11) is -5.80. The Morgan fingerprint density at radius 2 is 0.630 bits per heavy atom. The van der Waals surface area contributed by atoms with E-state index in [2.05, 4.69) is 39.8 Å². The van der Waals surface area contributed by atoms with Gasteiger partial charge in [-0.1, -0.05) is 361 Å². The molecule has 3 rings (SSSR count). The van der Waals surface area contributed by atoms with E-state index in [4.69, 9.17) is 46.9 Å². The number of aliphatic hydroxyl groups excluding tert-OH is 9. The van der Waals surface area contributed by atoms with Crippen LogP contribution in [0.15, 0.2) is 12.2 Å². The average Bonchev–Trinajstić information content (AvgIpc) is 0.754. The molecule has 3 fully saturated rings. The predicted octanol–water partition coefficient (Wildman–Crippen LogP) is 18.3. The van der Waals surface area contributed by atoms with Gasteiger partial charge in [-0.25, -0.2) is 4.57 Å². The van der Waals surface area contributed by atoms with E-state index in [1.165, 1.54) is 193 Å². The van der Waals surface area contributed by atoms with E-state index >= 15 is 0 Å². The Morgan fingerprint density at radius 1 is 0.328 bits per heavy atom. The van der Waals surface area contributed by atoms with Gasteiger partial charge in [-0.2, -0.15) is 0 Å². The van der Waals surface area contributed by atoms with Gasteiger partial charge < -0.3 is 88.7 Å². The average molecular weight is 1720 g/mol. The zero-order chi connectivity index (χ0) is 86.8. The number of hydrogen-bond acceptors (Lipinski definition) is 24. The van der Waals surface area contributed by atoms with Crippen molar-refractivity contribution in [2.24, 2.45) is 0 Å². The molecule has 119 heavy (non-hydrogen) atoms. The van der Waals surface area contributed by atoms with Crippen LogP contribution in [0.5, 0.6) is 0 Å². The van der Waals surface area contributed by atoms with Gasteiger partial charge >= 0.3 is 31.7 Å². The minimum Gasteiger partial charge on any atom is -0.463 e. The molecule has 26 heteroatoms. The highest BCUT2D eigenvalue weighted by molar-refractivity contribution is 7.47. The van der Waals surface area contributed by atoms with Crippen molar-refractivity contribution in [3.05, 3.63) is 12.2 Å². The van der Waals surface area contributed by atoms with E-state index in [1.54, 1.807) is 0 Å². The minimum absolute atomic E-state index is 0.0112. The summed E-state index contributed by atoms with van der Waals surface area (Å²) < 4.78 is 73.5. The molecular formula is C93H173O25P. The van der Waals surface area contributed by atoms with Crippen LogP contribution >= 0.6 is 7.82 Å². The molecule has 0 aromatic rings. The number of hydrogen-bond donors (Lipinski definition) is 10. The normalized spacial score (nSPS) is 24.8. The lowest BCUT2D eigenvalue weighted by atomic mass is 9.84. The Morgan fingerprint density at radius 3 is 1.01 bits per heavy atom. The van der Waals surface area contributed by atoms with Crippen molar-refractivity contribution in [3.63, 3.8) is 0 Å². The van der Waals surface area contributed by atoms with Gasteiger partial charge in [-0.15, -0.1) is 0 Å². The monoisotopic (exact) mass is 1720 g/mol. The Labute approximate surface area is 718 Å². The van der Waals surface area contributed by atoms with Gasteiger partial charge in [-0.3, -0.25) is 28.2 Å². The molecule has 700 valence electrons. The molecule has 0 spiro atoms. The van der Waals surface area contributed by atoms with Crippen LogP contribution in [0, 0.1) is 0 Å². The number of ether oxygens (including phenoxy) is 8. The second-order valence-corrected chi connectivity index (χ2v) is 36.0. The maximum Gasteiger partial charge on any atom is 0.472 e. The fourth-order valence-corrected chi connectivity index (χ4v) is 17.0. The lowest BCUT2D eigenvalue weighted by molar-refractivity contribution is -0.360. The fraction of sp³-hybridized carbons (Fsp3) is 0.935. The summed E-state index contributed by atoms with van der Waals surface area (Å²) in [4.78, 5) is 66.5. The molecule has 0 aromatic heterocycles. The number of carbonyl (C=O) groups excluding carboxylic acids is 4. The first kappa shape index (κ1) is 110. The molecule has 10 N–H and O–H groups in total. The van der Waals surface area contributed by atoms with E-state index in [-0.39, 0.29) is 25.7 Å². The van der Waals surface area contributed by atoms with Crippen molar-refractivity contribution >= 4 is 31.7 Å². The Bertz CT molecular complexity index is 2520. The summed E-state index contributed by atoms with van der Waals surface area (Å²) in [5.41, 5.74) is 0. The summed E-state index contributed by atoms with van der Waals surface area (Å²) in [5, 5.41) is 102. The number of rotatable bonds is 79. The number of carbonyl (C=O) groups is 4.